The Kier molecular flexibility index (Phi) is 7.65. The molecule has 1 aromatic carbocycles. The first kappa shape index (κ1) is 24.0. The summed E-state index contributed by atoms with van der Waals surface area (Å²) in [7, 11) is -3.66. The molecule has 2 atom stereocenters. The van der Waals surface area contributed by atoms with Crippen LogP contribution in [0, 0.1) is 5.92 Å². The van der Waals surface area contributed by atoms with Gasteiger partial charge in [0.15, 0.2) is 0 Å². The highest BCUT2D eigenvalue weighted by Crippen LogP contribution is 2.43. The van der Waals surface area contributed by atoms with Gasteiger partial charge in [-0.15, -0.1) is 0 Å². The number of hydrogen-bond donors (Lipinski definition) is 1. The molecule has 1 aliphatic carbocycles. The van der Waals surface area contributed by atoms with Crippen molar-refractivity contribution in [2.24, 2.45) is 5.92 Å². The second-order valence-electron chi connectivity index (χ2n) is 8.24. The molecule has 0 bridgehead atoms. The van der Waals surface area contributed by atoms with Gasteiger partial charge in [-0.1, -0.05) is 41.4 Å². The summed E-state index contributed by atoms with van der Waals surface area (Å²) in [5.41, 5.74) is -0.520. The Morgan fingerprint density at radius 1 is 1.24 bits per heavy atom. The Morgan fingerprint density at radius 3 is 2.52 bits per heavy atom. The van der Waals surface area contributed by atoms with E-state index in [2.05, 4.69) is 5.32 Å². The summed E-state index contributed by atoms with van der Waals surface area (Å²) in [4.78, 5) is 12.1. The molecule has 0 spiro atoms. The summed E-state index contributed by atoms with van der Waals surface area (Å²) in [6, 6.07) is 5.23. The van der Waals surface area contributed by atoms with E-state index in [-0.39, 0.29) is 19.1 Å². The van der Waals surface area contributed by atoms with Gasteiger partial charge >= 0.3 is 6.09 Å². The highest BCUT2D eigenvalue weighted by molar-refractivity contribution is 7.85. The van der Waals surface area contributed by atoms with Gasteiger partial charge in [0.25, 0.3) is 10.1 Å². The minimum Gasteiger partial charge on any atom is -0.444 e. The Hall–Kier alpha value is -1.28. The molecule has 0 aromatic heterocycles. The summed E-state index contributed by atoms with van der Waals surface area (Å²) in [5, 5.41) is 3.58. The number of alkyl carbamates (subject to hydrolysis) is 1. The third-order valence-electron chi connectivity index (χ3n) is 4.77. The van der Waals surface area contributed by atoms with Crippen molar-refractivity contribution in [2.45, 2.75) is 44.6 Å². The number of ether oxygens (including phenoxy) is 1. The van der Waals surface area contributed by atoms with Crippen LogP contribution in [0.2, 0.25) is 10.0 Å². The van der Waals surface area contributed by atoms with Crippen LogP contribution in [-0.4, -0.2) is 39.5 Å². The van der Waals surface area contributed by atoms with Gasteiger partial charge < -0.3 is 10.1 Å². The second kappa shape index (κ2) is 9.25. The molecule has 0 heterocycles. The topological polar surface area (TPSA) is 81.7 Å². The minimum absolute atomic E-state index is 0.0746. The number of carbonyl (C=O) groups excluding carboxylic acids is 1. The summed E-state index contributed by atoms with van der Waals surface area (Å²) >= 11 is 12.3. The molecular weight excluding hydrogens is 437 g/mol. The zero-order chi connectivity index (χ0) is 21.9. The lowest BCUT2D eigenvalue weighted by atomic mass is 9.65. The van der Waals surface area contributed by atoms with Gasteiger partial charge in [0.05, 0.1) is 22.9 Å². The van der Waals surface area contributed by atoms with Crippen molar-refractivity contribution in [2.75, 3.05) is 19.4 Å². The van der Waals surface area contributed by atoms with E-state index in [0.29, 0.717) is 22.9 Å². The Balaban J connectivity index is 2.35. The van der Waals surface area contributed by atoms with E-state index in [9.17, 15) is 13.2 Å². The van der Waals surface area contributed by atoms with Crippen molar-refractivity contribution >= 4 is 39.4 Å². The number of rotatable bonds is 6. The Labute approximate surface area is 182 Å². The fourth-order valence-corrected chi connectivity index (χ4v) is 4.10. The molecule has 2 rings (SSSR count). The normalized spacial score (nSPS) is 22.3. The molecule has 29 heavy (non-hydrogen) atoms. The molecule has 0 fully saturated rings. The van der Waals surface area contributed by atoms with Crippen molar-refractivity contribution in [1.82, 2.24) is 5.32 Å². The van der Waals surface area contributed by atoms with Gasteiger partial charge in [-0.05, 0) is 57.2 Å². The van der Waals surface area contributed by atoms with Crippen LogP contribution < -0.4 is 5.32 Å². The largest absolute Gasteiger partial charge is 0.444 e. The first-order valence-corrected chi connectivity index (χ1v) is 11.8. The van der Waals surface area contributed by atoms with Crippen LogP contribution in [0.4, 0.5) is 4.79 Å². The van der Waals surface area contributed by atoms with Gasteiger partial charge in [-0.2, -0.15) is 8.42 Å². The molecular formula is C20H27Cl2NO5S. The first-order valence-electron chi connectivity index (χ1n) is 9.24. The summed E-state index contributed by atoms with van der Waals surface area (Å²) < 4.78 is 34.0. The first-order chi connectivity index (χ1) is 13.3. The SMILES string of the molecule is CC(C)(C)OC(=O)NC[C@H]1CC=CC[C@@]1(COS(C)(=O)=O)c1ccc(Cl)c(Cl)c1. The molecule has 9 heteroatoms. The molecule has 0 aliphatic heterocycles. The lowest BCUT2D eigenvalue weighted by Gasteiger charge is -2.42. The summed E-state index contributed by atoms with van der Waals surface area (Å²) in [6.45, 7) is 5.57. The van der Waals surface area contributed by atoms with Crippen molar-refractivity contribution in [3.8, 4) is 0 Å². The van der Waals surface area contributed by atoms with Crippen molar-refractivity contribution < 1.29 is 22.1 Å². The molecule has 1 aliphatic rings. The lowest BCUT2D eigenvalue weighted by Crippen LogP contribution is -2.47. The monoisotopic (exact) mass is 463 g/mol. The number of benzene rings is 1. The average Bonchev–Trinajstić information content (AvgIpc) is 2.59. The molecule has 1 aromatic rings. The van der Waals surface area contributed by atoms with E-state index in [0.717, 1.165) is 11.8 Å². The molecule has 0 saturated carbocycles. The lowest BCUT2D eigenvalue weighted by molar-refractivity contribution is 0.0498. The van der Waals surface area contributed by atoms with Crippen LogP contribution in [0.5, 0.6) is 0 Å². The van der Waals surface area contributed by atoms with Crippen molar-refractivity contribution in [3.05, 3.63) is 46.0 Å². The van der Waals surface area contributed by atoms with Crippen LogP contribution in [0.3, 0.4) is 0 Å². The van der Waals surface area contributed by atoms with Crippen LogP contribution >= 0.6 is 23.2 Å². The minimum atomic E-state index is -3.66. The van der Waals surface area contributed by atoms with Gasteiger partial charge in [0.1, 0.15) is 5.60 Å². The van der Waals surface area contributed by atoms with E-state index >= 15 is 0 Å². The van der Waals surface area contributed by atoms with Crippen molar-refractivity contribution in [3.63, 3.8) is 0 Å². The van der Waals surface area contributed by atoms with Crippen LogP contribution in [0.15, 0.2) is 30.4 Å². The smallest absolute Gasteiger partial charge is 0.407 e. The van der Waals surface area contributed by atoms with Crippen molar-refractivity contribution in [1.29, 1.82) is 0 Å². The van der Waals surface area contributed by atoms with Crippen LogP contribution in [0.1, 0.15) is 39.2 Å². The number of nitrogens with one attached hydrogen (secondary N) is 1. The van der Waals surface area contributed by atoms with E-state index in [1.807, 2.05) is 18.2 Å². The third kappa shape index (κ3) is 6.88. The van der Waals surface area contributed by atoms with E-state index in [4.69, 9.17) is 32.1 Å². The van der Waals surface area contributed by atoms with Gasteiger partial charge in [0.2, 0.25) is 0 Å². The maximum Gasteiger partial charge on any atom is 0.407 e. The van der Waals surface area contributed by atoms with E-state index < -0.39 is 27.2 Å². The second-order valence-corrected chi connectivity index (χ2v) is 10.7. The number of hydrogen-bond acceptors (Lipinski definition) is 5. The van der Waals surface area contributed by atoms with Crippen LogP contribution in [-0.2, 0) is 24.5 Å². The van der Waals surface area contributed by atoms with Crippen LogP contribution in [0.25, 0.3) is 0 Å². The molecule has 6 nitrogen and oxygen atoms in total. The highest BCUT2D eigenvalue weighted by atomic mass is 35.5. The summed E-state index contributed by atoms with van der Waals surface area (Å²) in [6.07, 6.45) is 5.64. The molecule has 0 unspecified atom stereocenters. The number of amides is 1. The number of halogens is 2. The van der Waals surface area contributed by atoms with E-state index in [1.54, 1.807) is 32.9 Å². The average molecular weight is 464 g/mol. The molecule has 0 saturated heterocycles. The number of allylic oxidation sites excluding steroid dienone is 2. The molecule has 1 amide bonds. The fourth-order valence-electron chi connectivity index (χ4n) is 3.38. The van der Waals surface area contributed by atoms with Gasteiger partial charge in [-0.3, -0.25) is 4.18 Å². The summed E-state index contributed by atoms with van der Waals surface area (Å²) in [5.74, 6) is -0.140. The fraction of sp³-hybridized carbons (Fsp3) is 0.550. The Morgan fingerprint density at radius 2 is 1.93 bits per heavy atom. The quantitative estimate of drug-likeness (QED) is 0.488. The van der Waals surface area contributed by atoms with Gasteiger partial charge in [0, 0.05) is 12.0 Å². The predicted octanol–water partition coefficient (Wildman–Crippen LogP) is 4.70. The highest BCUT2D eigenvalue weighted by Gasteiger charge is 2.42. The van der Waals surface area contributed by atoms with E-state index in [1.165, 1.54) is 0 Å². The molecule has 1 N–H and O–H groups in total. The maximum atomic E-state index is 12.1. The third-order valence-corrected chi connectivity index (χ3v) is 6.05. The molecule has 0 radical (unpaired) electrons. The van der Waals surface area contributed by atoms with Gasteiger partial charge in [-0.25, -0.2) is 4.79 Å². The zero-order valence-corrected chi connectivity index (χ0v) is 19.3. The number of carbonyl (C=O) groups is 1. The zero-order valence-electron chi connectivity index (χ0n) is 17.0. The maximum absolute atomic E-state index is 12.1. The molecule has 162 valence electrons. The standard InChI is InChI=1S/C20H27Cl2NO5S/c1-19(2,3)28-18(24)23-12-15-7-5-6-10-20(15,13-27-29(4,25)26)14-8-9-16(21)17(22)11-14/h5-6,8-9,11,15H,7,10,12-13H2,1-4H3,(H,23,24)/t15-,20-/m1/s1. The predicted molar refractivity (Wildman–Crippen MR) is 115 cm³/mol. The Bertz CT molecular complexity index is 879.